The van der Waals surface area contributed by atoms with Gasteiger partial charge in [-0.1, -0.05) is 30.3 Å². The van der Waals surface area contributed by atoms with Crippen LogP contribution in [0.15, 0.2) is 47.8 Å². The summed E-state index contributed by atoms with van der Waals surface area (Å²) in [4.78, 5) is 13.2. The molecule has 9 nitrogen and oxygen atoms in total. The molecule has 3 N–H and O–H groups in total. The SMILES string of the molecule is CCNC(=NCCCOC(C)c1ccccc1)NCCNc1ncnc2c1cnn2C. The van der Waals surface area contributed by atoms with Crippen LogP contribution >= 0.6 is 0 Å². The second kappa shape index (κ2) is 11.8. The van der Waals surface area contributed by atoms with Crippen molar-refractivity contribution in [1.82, 2.24) is 30.4 Å². The Kier molecular flexibility index (Phi) is 8.59. The molecule has 0 saturated carbocycles. The number of hydrogen-bond acceptors (Lipinski definition) is 6. The van der Waals surface area contributed by atoms with E-state index in [1.165, 1.54) is 5.56 Å². The van der Waals surface area contributed by atoms with Crippen molar-refractivity contribution in [1.29, 1.82) is 0 Å². The minimum absolute atomic E-state index is 0.0932. The number of fused-ring (bicyclic) bond motifs is 1. The molecule has 1 atom stereocenters. The van der Waals surface area contributed by atoms with E-state index in [0.717, 1.165) is 35.8 Å². The molecule has 2 heterocycles. The summed E-state index contributed by atoms with van der Waals surface area (Å²) in [7, 11) is 1.87. The first-order valence-corrected chi connectivity index (χ1v) is 10.7. The summed E-state index contributed by atoms with van der Waals surface area (Å²) in [5.74, 6) is 1.58. The normalized spacial score (nSPS) is 12.7. The Labute approximate surface area is 183 Å². The standard InChI is InChI=1S/C22H32N8O/c1-4-23-22(25-11-8-14-31-17(2)18-9-6-5-7-10-18)26-13-12-24-20-19-15-29-30(3)21(19)28-16-27-20/h5-7,9-10,15-17H,4,8,11-14H2,1-3H3,(H2,23,25,26)(H,24,27,28). The lowest BCUT2D eigenvalue weighted by molar-refractivity contribution is 0.0652. The fraction of sp³-hybridized carbons (Fsp3) is 0.455. The van der Waals surface area contributed by atoms with Crippen LogP contribution < -0.4 is 16.0 Å². The van der Waals surface area contributed by atoms with Crippen LogP contribution in [0.1, 0.15) is 31.9 Å². The molecule has 3 rings (SSSR count). The molecule has 1 aromatic carbocycles. The maximum Gasteiger partial charge on any atom is 0.191 e. The molecule has 0 aliphatic heterocycles. The van der Waals surface area contributed by atoms with Gasteiger partial charge in [-0.2, -0.15) is 5.10 Å². The third-order valence-electron chi connectivity index (χ3n) is 4.79. The van der Waals surface area contributed by atoms with Crippen molar-refractivity contribution >= 4 is 22.8 Å². The Bertz CT molecular complexity index is 957. The minimum Gasteiger partial charge on any atom is -0.374 e. The number of hydrogen-bond donors (Lipinski definition) is 3. The molecule has 0 aliphatic carbocycles. The quantitative estimate of drug-likeness (QED) is 0.247. The summed E-state index contributed by atoms with van der Waals surface area (Å²) in [5, 5.41) is 15.1. The minimum atomic E-state index is 0.0932. The van der Waals surface area contributed by atoms with E-state index in [1.807, 2.05) is 25.2 Å². The average Bonchev–Trinajstić information content (AvgIpc) is 3.18. The number of aryl methyl sites for hydroxylation is 1. The van der Waals surface area contributed by atoms with Crippen LogP contribution in [0.25, 0.3) is 11.0 Å². The number of rotatable bonds is 11. The van der Waals surface area contributed by atoms with E-state index in [9.17, 15) is 0 Å². The van der Waals surface area contributed by atoms with E-state index in [1.54, 1.807) is 17.2 Å². The summed E-state index contributed by atoms with van der Waals surface area (Å²) in [6.07, 6.45) is 4.28. The van der Waals surface area contributed by atoms with Crippen molar-refractivity contribution < 1.29 is 4.74 Å². The molecule has 0 amide bonds. The Morgan fingerprint density at radius 2 is 2.00 bits per heavy atom. The number of benzene rings is 1. The van der Waals surface area contributed by atoms with Gasteiger partial charge in [-0.25, -0.2) is 9.97 Å². The Hall–Kier alpha value is -3.20. The van der Waals surface area contributed by atoms with Crippen molar-refractivity contribution in [3.8, 4) is 0 Å². The van der Waals surface area contributed by atoms with Gasteiger partial charge in [-0.3, -0.25) is 9.67 Å². The predicted molar refractivity (Wildman–Crippen MR) is 124 cm³/mol. The third-order valence-corrected chi connectivity index (χ3v) is 4.79. The zero-order valence-electron chi connectivity index (χ0n) is 18.5. The van der Waals surface area contributed by atoms with E-state index >= 15 is 0 Å². The lowest BCUT2D eigenvalue weighted by atomic mass is 10.1. The molecule has 9 heteroatoms. The molecular weight excluding hydrogens is 392 g/mol. The van der Waals surface area contributed by atoms with Gasteiger partial charge in [0.2, 0.25) is 0 Å². The zero-order chi connectivity index (χ0) is 21.9. The van der Waals surface area contributed by atoms with E-state index in [4.69, 9.17) is 4.74 Å². The smallest absolute Gasteiger partial charge is 0.191 e. The molecule has 0 spiro atoms. The largest absolute Gasteiger partial charge is 0.374 e. The van der Waals surface area contributed by atoms with Gasteiger partial charge >= 0.3 is 0 Å². The van der Waals surface area contributed by atoms with Gasteiger partial charge in [0, 0.05) is 39.8 Å². The summed E-state index contributed by atoms with van der Waals surface area (Å²) < 4.78 is 7.65. The van der Waals surface area contributed by atoms with Crippen LogP contribution in [0.4, 0.5) is 5.82 Å². The lowest BCUT2D eigenvalue weighted by Gasteiger charge is -2.14. The monoisotopic (exact) mass is 424 g/mol. The van der Waals surface area contributed by atoms with Gasteiger partial charge in [0.1, 0.15) is 12.1 Å². The molecule has 0 saturated heterocycles. The highest BCUT2D eigenvalue weighted by Gasteiger charge is 2.07. The molecule has 0 radical (unpaired) electrons. The van der Waals surface area contributed by atoms with Crippen molar-refractivity contribution in [2.24, 2.45) is 12.0 Å². The molecule has 2 aromatic heterocycles. The Balaban J connectivity index is 1.38. The van der Waals surface area contributed by atoms with Gasteiger partial charge in [-0.15, -0.1) is 0 Å². The highest BCUT2D eigenvalue weighted by molar-refractivity contribution is 5.86. The number of nitrogens with zero attached hydrogens (tertiary/aromatic N) is 5. The van der Waals surface area contributed by atoms with Crippen LogP contribution in [0.2, 0.25) is 0 Å². The van der Waals surface area contributed by atoms with Gasteiger partial charge in [0.25, 0.3) is 0 Å². The first kappa shape index (κ1) is 22.5. The zero-order valence-corrected chi connectivity index (χ0v) is 18.5. The van der Waals surface area contributed by atoms with Crippen LogP contribution in [0.5, 0.6) is 0 Å². The van der Waals surface area contributed by atoms with Crippen molar-refractivity contribution in [2.75, 3.05) is 38.1 Å². The van der Waals surface area contributed by atoms with E-state index < -0.39 is 0 Å². The number of guanidine groups is 1. The maximum atomic E-state index is 5.92. The highest BCUT2D eigenvalue weighted by Crippen LogP contribution is 2.17. The number of anilines is 1. The number of aromatic nitrogens is 4. The van der Waals surface area contributed by atoms with Crippen LogP contribution in [0.3, 0.4) is 0 Å². The first-order chi connectivity index (χ1) is 15.2. The molecule has 0 aliphatic rings. The second-order valence-electron chi connectivity index (χ2n) is 7.12. The summed E-state index contributed by atoms with van der Waals surface area (Å²) in [6, 6.07) is 10.3. The Morgan fingerprint density at radius 3 is 2.81 bits per heavy atom. The van der Waals surface area contributed by atoms with E-state index in [2.05, 4.69) is 62.0 Å². The van der Waals surface area contributed by atoms with E-state index in [-0.39, 0.29) is 6.10 Å². The van der Waals surface area contributed by atoms with Gasteiger partial charge < -0.3 is 20.7 Å². The van der Waals surface area contributed by atoms with Crippen LogP contribution in [-0.2, 0) is 11.8 Å². The molecule has 1 unspecified atom stereocenters. The molecule has 3 aromatic rings. The average molecular weight is 425 g/mol. The summed E-state index contributed by atoms with van der Waals surface area (Å²) in [5.41, 5.74) is 2.00. The van der Waals surface area contributed by atoms with Crippen LogP contribution in [0, 0.1) is 0 Å². The van der Waals surface area contributed by atoms with Gasteiger partial charge in [-0.05, 0) is 25.8 Å². The second-order valence-corrected chi connectivity index (χ2v) is 7.12. The molecule has 31 heavy (non-hydrogen) atoms. The third kappa shape index (κ3) is 6.65. The molecule has 166 valence electrons. The Morgan fingerprint density at radius 1 is 1.16 bits per heavy atom. The van der Waals surface area contributed by atoms with Crippen LogP contribution in [-0.4, -0.2) is 58.5 Å². The maximum absolute atomic E-state index is 5.92. The van der Waals surface area contributed by atoms with Crippen molar-refractivity contribution in [2.45, 2.75) is 26.4 Å². The number of nitrogens with one attached hydrogen (secondary N) is 3. The highest BCUT2D eigenvalue weighted by atomic mass is 16.5. The first-order valence-electron chi connectivity index (χ1n) is 10.7. The molecule has 0 bridgehead atoms. The van der Waals surface area contributed by atoms with Gasteiger partial charge in [0.05, 0.1) is 17.7 Å². The predicted octanol–water partition coefficient (Wildman–Crippen LogP) is 2.50. The number of ether oxygens (including phenoxy) is 1. The van der Waals surface area contributed by atoms with Gasteiger partial charge in [0.15, 0.2) is 11.6 Å². The summed E-state index contributed by atoms with van der Waals surface area (Å²) >= 11 is 0. The fourth-order valence-corrected chi connectivity index (χ4v) is 3.14. The fourth-order valence-electron chi connectivity index (χ4n) is 3.14. The van der Waals surface area contributed by atoms with Crippen molar-refractivity contribution in [3.05, 3.63) is 48.4 Å². The molecular formula is C22H32N8O. The van der Waals surface area contributed by atoms with E-state index in [0.29, 0.717) is 26.2 Å². The summed E-state index contributed by atoms with van der Waals surface area (Å²) in [6.45, 7) is 7.72. The lowest BCUT2D eigenvalue weighted by Crippen LogP contribution is -2.39. The number of aliphatic imine (C=N–C) groups is 1. The topological polar surface area (TPSA) is 101 Å². The molecule has 0 fully saturated rings. The van der Waals surface area contributed by atoms with Crippen molar-refractivity contribution in [3.63, 3.8) is 0 Å².